The predicted molar refractivity (Wildman–Crippen MR) is 60.4 cm³/mol. The van der Waals surface area contributed by atoms with Gasteiger partial charge in [-0.1, -0.05) is 19.1 Å². The molecule has 1 rings (SSSR count). The Hall–Kier alpha value is -0.0700. The number of anilines is 1. The molecule has 0 aliphatic rings. The summed E-state index contributed by atoms with van der Waals surface area (Å²) in [4.78, 5) is 0. The number of hydrogen-bond donors (Lipinski definition) is 2. The van der Waals surface area contributed by atoms with Crippen LogP contribution in [0.5, 0.6) is 0 Å². The van der Waals surface area contributed by atoms with Crippen molar-refractivity contribution in [1.29, 1.82) is 0 Å². The van der Waals surface area contributed by atoms with Crippen LogP contribution in [-0.4, -0.2) is 18.3 Å². The van der Waals surface area contributed by atoms with Gasteiger partial charge in [-0.15, -0.1) is 0 Å². The van der Waals surface area contributed by atoms with Crippen LogP contribution in [0.4, 0.5) is 5.69 Å². The number of aryl methyl sites for hydroxylation is 1. The molecule has 1 unspecified atom stereocenters. The van der Waals surface area contributed by atoms with Crippen molar-refractivity contribution in [2.24, 2.45) is 0 Å². The van der Waals surface area contributed by atoms with E-state index in [9.17, 15) is 8.42 Å². The normalized spacial score (nSPS) is 12.7. The molecule has 0 saturated carbocycles. The average Bonchev–Trinajstić information content (AvgIpc) is 2.12. The van der Waals surface area contributed by atoms with E-state index in [1.54, 1.807) is 13.0 Å². The van der Waals surface area contributed by atoms with Crippen LogP contribution in [0.15, 0.2) is 24.3 Å². The van der Waals surface area contributed by atoms with E-state index in [0.717, 1.165) is 5.56 Å². The van der Waals surface area contributed by atoms with Gasteiger partial charge >= 0.3 is 29.6 Å². The largest absolute Gasteiger partial charge is 1.00 e. The molecule has 16 heavy (non-hydrogen) atoms. The molecule has 1 aromatic carbocycles. The van der Waals surface area contributed by atoms with Gasteiger partial charge in [-0.25, -0.2) is 0 Å². The van der Waals surface area contributed by atoms with Crippen molar-refractivity contribution in [3.05, 3.63) is 29.8 Å². The monoisotopic (exact) mass is 252 g/mol. The van der Waals surface area contributed by atoms with Gasteiger partial charge in [-0.3, -0.25) is 4.55 Å². The first kappa shape index (κ1) is 15.9. The maximum atomic E-state index is 10.9. The van der Waals surface area contributed by atoms with Crippen LogP contribution in [0.3, 0.4) is 0 Å². The number of benzene rings is 1. The zero-order chi connectivity index (χ0) is 11.5. The fraction of sp³-hybridized carbons (Fsp3) is 0.400. The molecule has 0 aliphatic heterocycles. The molecule has 0 aromatic heterocycles. The van der Waals surface area contributed by atoms with Crippen LogP contribution in [0.25, 0.3) is 0 Å². The van der Waals surface area contributed by atoms with Crippen LogP contribution in [0.1, 0.15) is 18.9 Å². The van der Waals surface area contributed by atoms with Crippen molar-refractivity contribution in [2.75, 3.05) is 5.32 Å². The van der Waals surface area contributed by atoms with E-state index in [2.05, 4.69) is 5.32 Å². The number of hydrogen-bond acceptors (Lipinski definition) is 3. The van der Waals surface area contributed by atoms with Crippen LogP contribution < -0.4 is 34.9 Å². The molecule has 0 fully saturated rings. The Morgan fingerprint density at radius 3 is 2.50 bits per heavy atom. The maximum absolute atomic E-state index is 10.9. The molecule has 0 aliphatic carbocycles. The molecule has 0 saturated heterocycles. The van der Waals surface area contributed by atoms with Crippen molar-refractivity contribution < 1.29 is 42.5 Å². The van der Waals surface area contributed by atoms with E-state index in [1.165, 1.54) is 0 Å². The molecule has 0 radical (unpaired) electrons. The van der Waals surface area contributed by atoms with Gasteiger partial charge in [0.05, 0.1) is 0 Å². The van der Waals surface area contributed by atoms with E-state index >= 15 is 0 Å². The first-order chi connectivity index (χ1) is 6.93. The number of rotatable bonds is 4. The summed E-state index contributed by atoms with van der Waals surface area (Å²) in [6.45, 7) is 3.61. The van der Waals surface area contributed by atoms with Gasteiger partial charge in [0, 0.05) is 5.69 Å². The smallest absolute Gasteiger partial charge is 0.367 e. The summed E-state index contributed by atoms with van der Waals surface area (Å²) >= 11 is 0. The Bertz CT molecular complexity index is 433. The second-order valence-corrected chi connectivity index (χ2v) is 5.02. The Kier molecular flexibility index (Phi) is 6.58. The van der Waals surface area contributed by atoms with E-state index in [-0.39, 0.29) is 29.6 Å². The topological polar surface area (TPSA) is 66.4 Å². The van der Waals surface area contributed by atoms with E-state index < -0.39 is 15.5 Å². The molecular formula is C10H15NNaO3S+. The van der Waals surface area contributed by atoms with Gasteiger partial charge in [-0.05, 0) is 31.0 Å². The summed E-state index contributed by atoms with van der Waals surface area (Å²) in [6, 6.07) is 7.34. The van der Waals surface area contributed by atoms with Crippen molar-refractivity contribution in [1.82, 2.24) is 0 Å². The Morgan fingerprint density at radius 1 is 1.44 bits per heavy atom. The van der Waals surface area contributed by atoms with Gasteiger partial charge in [0.1, 0.15) is 0 Å². The minimum atomic E-state index is -4.04. The summed E-state index contributed by atoms with van der Waals surface area (Å²) in [5.41, 5.74) is 1.73. The average molecular weight is 252 g/mol. The van der Waals surface area contributed by atoms with Crippen molar-refractivity contribution in [3.63, 3.8) is 0 Å². The van der Waals surface area contributed by atoms with Crippen LogP contribution >= 0.6 is 0 Å². The summed E-state index contributed by atoms with van der Waals surface area (Å²) in [5.74, 6) is 0. The molecule has 84 valence electrons. The van der Waals surface area contributed by atoms with Gasteiger partial charge in [0.15, 0.2) is 5.37 Å². The molecule has 4 nitrogen and oxygen atoms in total. The van der Waals surface area contributed by atoms with Gasteiger partial charge in [0.25, 0.3) is 10.1 Å². The van der Waals surface area contributed by atoms with E-state index in [1.807, 2.05) is 25.1 Å². The van der Waals surface area contributed by atoms with Crippen LogP contribution in [0.2, 0.25) is 0 Å². The number of nitrogens with one attached hydrogen (secondary N) is 1. The quantitative estimate of drug-likeness (QED) is 0.535. The van der Waals surface area contributed by atoms with Crippen molar-refractivity contribution in [2.45, 2.75) is 25.6 Å². The van der Waals surface area contributed by atoms with Crippen molar-refractivity contribution >= 4 is 15.8 Å². The third kappa shape index (κ3) is 4.84. The van der Waals surface area contributed by atoms with E-state index in [0.29, 0.717) is 12.1 Å². The van der Waals surface area contributed by atoms with Crippen LogP contribution in [0, 0.1) is 6.92 Å². The summed E-state index contributed by atoms with van der Waals surface area (Å²) < 4.78 is 30.8. The first-order valence-electron chi connectivity index (χ1n) is 4.73. The summed E-state index contributed by atoms with van der Waals surface area (Å²) in [7, 11) is -4.04. The fourth-order valence-electron chi connectivity index (χ4n) is 1.31. The standard InChI is InChI=1S/C10H15NO3S.Na/c1-3-10(15(12,13)14)11-9-6-4-5-8(2)7-9;/h4-7,10-11H,3H2,1-2H3,(H,12,13,14);/q;+1. The molecule has 0 bridgehead atoms. The molecule has 6 heteroatoms. The van der Waals surface area contributed by atoms with Gasteiger partial charge in [0.2, 0.25) is 0 Å². The third-order valence-corrected chi connectivity index (χ3v) is 3.25. The maximum Gasteiger partial charge on any atom is 1.00 e. The predicted octanol–water partition coefficient (Wildman–Crippen LogP) is -0.965. The first-order valence-corrected chi connectivity index (χ1v) is 6.23. The summed E-state index contributed by atoms with van der Waals surface area (Å²) in [6.07, 6.45) is 0.312. The molecule has 1 atom stereocenters. The van der Waals surface area contributed by atoms with Gasteiger partial charge in [-0.2, -0.15) is 8.42 Å². The third-order valence-electron chi connectivity index (χ3n) is 2.08. The fourth-order valence-corrected chi connectivity index (χ4v) is 2.01. The molecule has 2 N–H and O–H groups in total. The van der Waals surface area contributed by atoms with Crippen molar-refractivity contribution in [3.8, 4) is 0 Å². The zero-order valence-corrected chi connectivity index (χ0v) is 12.6. The zero-order valence-electron chi connectivity index (χ0n) is 9.77. The molecule has 0 spiro atoms. The van der Waals surface area contributed by atoms with Crippen LogP contribution in [-0.2, 0) is 10.1 Å². The minimum absolute atomic E-state index is 0. The Morgan fingerprint density at radius 2 is 2.06 bits per heavy atom. The molecule has 0 heterocycles. The summed E-state index contributed by atoms with van der Waals surface area (Å²) in [5, 5.41) is 1.83. The second-order valence-electron chi connectivity index (χ2n) is 3.43. The Balaban J connectivity index is 0.00000225. The van der Waals surface area contributed by atoms with E-state index in [4.69, 9.17) is 4.55 Å². The molecular weight excluding hydrogens is 237 g/mol. The molecule has 0 amide bonds. The van der Waals surface area contributed by atoms with Gasteiger partial charge < -0.3 is 5.32 Å². The minimum Gasteiger partial charge on any atom is -0.367 e. The second kappa shape index (κ2) is 6.61. The molecule has 1 aromatic rings. The Labute approximate surface area is 118 Å². The SMILES string of the molecule is CCC(Nc1cccc(C)c1)S(=O)(=O)O.[Na+].